The maximum atomic E-state index is 13.1. The molecule has 174 valence electrons. The van der Waals surface area contributed by atoms with E-state index in [1.165, 1.54) is 0 Å². The highest BCUT2D eigenvalue weighted by molar-refractivity contribution is 6.02. The fourth-order valence-corrected chi connectivity index (χ4v) is 4.62. The molecule has 2 fully saturated rings. The van der Waals surface area contributed by atoms with E-state index >= 15 is 0 Å². The number of ether oxygens (including phenoxy) is 1. The van der Waals surface area contributed by atoms with Crippen molar-refractivity contribution in [2.45, 2.75) is 57.4 Å². The van der Waals surface area contributed by atoms with Crippen molar-refractivity contribution in [2.24, 2.45) is 17.8 Å². The van der Waals surface area contributed by atoms with Crippen LogP contribution in [0.2, 0.25) is 0 Å². The predicted octanol–water partition coefficient (Wildman–Crippen LogP) is 2.33. The van der Waals surface area contributed by atoms with E-state index in [1.54, 1.807) is 19.3 Å². The smallest absolute Gasteiger partial charge is 0.248 e. The lowest BCUT2D eigenvalue weighted by molar-refractivity contribution is -0.128. The molecule has 3 aliphatic rings. The number of ketones is 1. The number of carbonyl (C=O) groups excluding carboxylic acids is 3. The highest BCUT2D eigenvalue weighted by Crippen LogP contribution is 2.35. The molecule has 0 radical (unpaired) electrons. The first-order valence-electron chi connectivity index (χ1n) is 11.7. The third-order valence-corrected chi connectivity index (χ3v) is 6.74. The Labute approximate surface area is 193 Å². The van der Waals surface area contributed by atoms with Gasteiger partial charge in [0.05, 0.1) is 30.8 Å². The number of pyridine rings is 1. The molecule has 8 heteroatoms. The molecule has 0 aromatic carbocycles. The van der Waals surface area contributed by atoms with E-state index in [9.17, 15) is 19.6 Å². The number of aromatic nitrogens is 1. The number of nitrogens with zero attached hydrogens (tertiary/aromatic N) is 2. The second-order valence-corrected chi connectivity index (χ2v) is 9.31. The summed E-state index contributed by atoms with van der Waals surface area (Å²) in [7, 11) is 1.55. The van der Waals surface area contributed by atoms with Gasteiger partial charge >= 0.3 is 0 Å². The zero-order valence-electron chi connectivity index (χ0n) is 18.9. The van der Waals surface area contributed by atoms with Gasteiger partial charge < -0.3 is 15.4 Å². The zero-order valence-corrected chi connectivity index (χ0v) is 18.9. The quantitative estimate of drug-likeness (QED) is 0.564. The van der Waals surface area contributed by atoms with Crippen molar-refractivity contribution in [1.82, 2.24) is 15.6 Å². The van der Waals surface area contributed by atoms with Crippen LogP contribution in [0.25, 0.3) is 6.08 Å². The van der Waals surface area contributed by atoms with Gasteiger partial charge in [0.2, 0.25) is 17.7 Å². The van der Waals surface area contributed by atoms with Crippen LogP contribution in [0.15, 0.2) is 17.7 Å². The molecule has 1 aromatic rings. The van der Waals surface area contributed by atoms with Crippen LogP contribution in [0.3, 0.4) is 0 Å². The molecule has 0 spiro atoms. The van der Waals surface area contributed by atoms with Gasteiger partial charge in [-0.15, -0.1) is 0 Å². The van der Waals surface area contributed by atoms with Crippen molar-refractivity contribution in [1.29, 1.82) is 5.26 Å². The molecule has 8 nitrogen and oxygen atoms in total. The Bertz CT molecular complexity index is 1010. The van der Waals surface area contributed by atoms with Crippen molar-refractivity contribution in [3.8, 4) is 11.9 Å². The SMILES string of the molecule is COc1ccc2c(n1)C=C(C(=O)N[C@@H](CC1CC1)C(=O)C[C@H](C#N)C[C@@H]1CCCNC1=O)C2. The average Bonchev–Trinajstić information content (AvgIpc) is 3.53. The Balaban J connectivity index is 1.39. The molecule has 0 unspecified atom stereocenters. The van der Waals surface area contributed by atoms with E-state index in [4.69, 9.17) is 4.74 Å². The molecule has 1 aliphatic heterocycles. The van der Waals surface area contributed by atoms with Crippen LogP contribution in [0, 0.1) is 29.1 Å². The van der Waals surface area contributed by atoms with Crippen LogP contribution >= 0.6 is 0 Å². The summed E-state index contributed by atoms with van der Waals surface area (Å²) in [6, 6.07) is 5.25. The monoisotopic (exact) mass is 450 g/mol. The minimum absolute atomic E-state index is 0.0326. The summed E-state index contributed by atoms with van der Waals surface area (Å²) >= 11 is 0. The minimum atomic E-state index is -0.617. The topological polar surface area (TPSA) is 121 Å². The summed E-state index contributed by atoms with van der Waals surface area (Å²) in [6.45, 7) is 0.670. The van der Waals surface area contributed by atoms with Crippen LogP contribution in [-0.4, -0.2) is 42.3 Å². The molecule has 33 heavy (non-hydrogen) atoms. The second kappa shape index (κ2) is 10.2. The van der Waals surface area contributed by atoms with E-state index < -0.39 is 12.0 Å². The van der Waals surface area contributed by atoms with Crippen molar-refractivity contribution in [3.63, 3.8) is 0 Å². The highest BCUT2D eigenvalue weighted by Gasteiger charge is 2.34. The van der Waals surface area contributed by atoms with Crippen molar-refractivity contribution in [2.75, 3.05) is 13.7 Å². The Kier molecular flexibility index (Phi) is 7.07. The number of Topliss-reactive ketones (excluding diaryl/α,β-unsaturated/α-hetero) is 1. The molecule has 4 rings (SSSR count). The van der Waals surface area contributed by atoms with Crippen LogP contribution in [0.5, 0.6) is 5.88 Å². The number of piperidine rings is 1. The Morgan fingerprint density at radius 2 is 2.12 bits per heavy atom. The largest absolute Gasteiger partial charge is 0.481 e. The number of methoxy groups -OCH3 is 1. The third-order valence-electron chi connectivity index (χ3n) is 6.74. The molecular formula is C25H30N4O4. The molecule has 2 heterocycles. The lowest BCUT2D eigenvalue weighted by Crippen LogP contribution is -2.43. The average molecular weight is 451 g/mol. The van der Waals surface area contributed by atoms with Gasteiger partial charge in [-0.05, 0) is 43.2 Å². The van der Waals surface area contributed by atoms with Gasteiger partial charge in [-0.25, -0.2) is 4.98 Å². The van der Waals surface area contributed by atoms with Crippen LogP contribution in [0.4, 0.5) is 0 Å². The predicted molar refractivity (Wildman–Crippen MR) is 121 cm³/mol. The molecule has 2 aliphatic carbocycles. The number of fused-ring (bicyclic) bond motifs is 1. The first-order chi connectivity index (χ1) is 16.0. The lowest BCUT2D eigenvalue weighted by atomic mass is 9.85. The molecule has 0 bridgehead atoms. The van der Waals surface area contributed by atoms with Gasteiger partial charge in [0.1, 0.15) is 0 Å². The zero-order chi connectivity index (χ0) is 23.4. The van der Waals surface area contributed by atoms with Gasteiger partial charge in [0.15, 0.2) is 5.78 Å². The Morgan fingerprint density at radius 1 is 1.30 bits per heavy atom. The van der Waals surface area contributed by atoms with E-state index in [2.05, 4.69) is 21.7 Å². The van der Waals surface area contributed by atoms with E-state index in [0.29, 0.717) is 48.9 Å². The molecule has 2 amide bonds. The van der Waals surface area contributed by atoms with Crippen LogP contribution < -0.4 is 15.4 Å². The highest BCUT2D eigenvalue weighted by atomic mass is 16.5. The third kappa shape index (κ3) is 5.78. The number of nitriles is 1. The molecule has 1 saturated carbocycles. The van der Waals surface area contributed by atoms with Crippen LogP contribution in [0.1, 0.15) is 56.2 Å². The van der Waals surface area contributed by atoms with Gasteiger partial charge in [0, 0.05) is 36.9 Å². The van der Waals surface area contributed by atoms with Crippen molar-refractivity contribution >= 4 is 23.7 Å². The van der Waals surface area contributed by atoms with E-state index in [0.717, 1.165) is 31.2 Å². The minimum Gasteiger partial charge on any atom is -0.481 e. The number of hydrogen-bond acceptors (Lipinski definition) is 6. The van der Waals surface area contributed by atoms with Crippen LogP contribution in [-0.2, 0) is 20.8 Å². The maximum absolute atomic E-state index is 13.1. The van der Waals surface area contributed by atoms with Gasteiger partial charge in [-0.1, -0.05) is 18.9 Å². The summed E-state index contributed by atoms with van der Waals surface area (Å²) in [4.78, 5) is 42.6. The Morgan fingerprint density at radius 3 is 2.82 bits per heavy atom. The fourth-order valence-electron chi connectivity index (χ4n) is 4.62. The first-order valence-corrected chi connectivity index (χ1v) is 11.7. The number of rotatable bonds is 10. The number of amides is 2. The summed E-state index contributed by atoms with van der Waals surface area (Å²) in [6.07, 6.45) is 6.98. The van der Waals surface area contributed by atoms with E-state index in [-0.39, 0.29) is 29.9 Å². The lowest BCUT2D eigenvalue weighted by Gasteiger charge is -2.24. The number of carbonyl (C=O) groups is 3. The summed E-state index contributed by atoms with van der Waals surface area (Å²) < 4.78 is 5.15. The molecule has 1 aromatic heterocycles. The standard InChI is InChI=1S/C25H30N4O4/c1-33-23-7-6-17-12-19(13-20(17)28-23)25(32)29-21(10-15-4-5-15)22(30)11-16(14-26)9-18-3-2-8-27-24(18)31/h6-7,13,15-16,18,21H,2-5,8-12H2,1H3,(H,27,31)(H,29,32)/t16-,18+,21+/m1/s1. The molecule has 3 atom stereocenters. The fraction of sp³-hybridized carbons (Fsp3) is 0.560. The number of nitrogens with one attached hydrogen (secondary N) is 2. The number of hydrogen-bond donors (Lipinski definition) is 2. The second-order valence-electron chi connectivity index (χ2n) is 9.31. The first kappa shape index (κ1) is 23.0. The normalized spacial score (nSPS) is 21.2. The van der Waals surface area contributed by atoms with Gasteiger partial charge in [-0.2, -0.15) is 5.26 Å². The summed E-state index contributed by atoms with van der Waals surface area (Å²) in [5, 5.41) is 15.4. The molecule has 2 N–H and O–H groups in total. The summed E-state index contributed by atoms with van der Waals surface area (Å²) in [5.41, 5.74) is 2.22. The van der Waals surface area contributed by atoms with Gasteiger partial charge in [0.25, 0.3) is 0 Å². The van der Waals surface area contributed by atoms with E-state index in [1.807, 2.05) is 6.07 Å². The van der Waals surface area contributed by atoms with Crippen molar-refractivity contribution in [3.05, 3.63) is 29.0 Å². The van der Waals surface area contributed by atoms with Crippen molar-refractivity contribution < 1.29 is 19.1 Å². The maximum Gasteiger partial charge on any atom is 0.248 e. The molecule has 1 saturated heterocycles. The van der Waals surface area contributed by atoms with Gasteiger partial charge in [-0.3, -0.25) is 14.4 Å². The Hall–Kier alpha value is -3.21. The summed E-state index contributed by atoms with van der Waals surface area (Å²) in [5.74, 6) is -0.266. The molecular weight excluding hydrogens is 420 g/mol.